The van der Waals surface area contributed by atoms with Crippen LogP contribution in [0.3, 0.4) is 0 Å². The van der Waals surface area contributed by atoms with Gasteiger partial charge in [-0.3, -0.25) is 14.4 Å². The van der Waals surface area contributed by atoms with E-state index in [0.717, 1.165) is 18.4 Å². The number of rotatable bonds is 15. The van der Waals surface area contributed by atoms with Crippen molar-refractivity contribution in [3.8, 4) is 17.2 Å². The lowest BCUT2D eigenvalue weighted by Gasteiger charge is -2.31. The topological polar surface area (TPSA) is 103 Å². The molecule has 0 saturated carbocycles. The number of para-hydroxylation sites is 1. The molecule has 8 nitrogen and oxygen atoms in total. The van der Waals surface area contributed by atoms with Gasteiger partial charge in [0.25, 0.3) is 5.91 Å². The van der Waals surface area contributed by atoms with Crippen LogP contribution in [0.5, 0.6) is 17.2 Å². The first-order chi connectivity index (χ1) is 21.3. The van der Waals surface area contributed by atoms with Gasteiger partial charge in [-0.15, -0.1) is 0 Å². The molecule has 0 aliphatic carbocycles. The lowest BCUT2D eigenvalue weighted by atomic mass is 9.76. The summed E-state index contributed by atoms with van der Waals surface area (Å²) in [5.41, 5.74) is 3.11. The molecule has 0 heterocycles. The predicted molar refractivity (Wildman–Crippen MR) is 180 cm³/mol. The summed E-state index contributed by atoms with van der Waals surface area (Å²) < 4.78 is 17.4. The van der Waals surface area contributed by atoms with E-state index in [9.17, 15) is 14.4 Å². The SMILES string of the molecule is CCC(Oc1ccc(C(C)(C)CC)cc1C(C)(C)CC)C(=O)Nc1cc(C(=O)CC(=O)Nc2ccccc2)c(OC)cc1OC. The van der Waals surface area contributed by atoms with Gasteiger partial charge in [0.15, 0.2) is 11.9 Å². The maximum Gasteiger partial charge on any atom is 0.265 e. The average Bonchev–Trinajstić information content (AvgIpc) is 3.03. The van der Waals surface area contributed by atoms with Gasteiger partial charge in [-0.1, -0.05) is 78.8 Å². The quantitative estimate of drug-likeness (QED) is 0.132. The van der Waals surface area contributed by atoms with E-state index in [-0.39, 0.29) is 33.7 Å². The highest BCUT2D eigenvalue weighted by molar-refractivity contribution is 6.13. The average molecular weight is 617 g/mol. The van der Waals surface area contributed by atoms with Crippen LogP contribution in [0.4, 0.5) is 11.4 Å². The fourth-order valence-corrected chi connectivity index (χ4v) is 4.85. The second-order valence-corrected chi connectivity index (χ2v) is 12.5. The normalized spacial score (nSPS) is 12.2. The van der Waals surface area contributed by atoms with Crippen LogP contribution >= 0.6 is 0 Å². The molecule has 8 heteroatoms. The molecule has 0 aromatic heterocycles. The fraction of sp³-hybridized carbons (Fsp3) is 0.432. The zero-order chi connectivity index (χ0) is 33.4. The number of nitrogens with one attached hydrogen (secondary N) is 2. The summed E-state index contributed by atoms with van der Waals surface area (Å²) in [7, 11) is 2.89. The molecule has 0 saturated heterocycles. The van der Waals surface area contributed by atoms with Crippen LogP contribution in [0.25, 0.3) is 0 Å². The van der Waals surface area contributed by atoms with Crippen molar-refractivity contribution in [2.45, 2.75) is 91.1 Å². The largest absolute Gasteiger partial charge is 0.496 e. The van der Waals surface area contributed by atoms with E-state index in [1.54, 1.807) is 24.3 Å². The summed E-state index contributed by atoms with van der Waals surface area (Å²) in [5, 5.41) is 5.61. The van der Waals surface area contributed by atoms with Crippen LogP contribution in [-0.2, 0) is 20.4 Å². The van der Waals surface area contributed by atoms with Gasteiger partial charge in [-0.05, 0) is 59.9 Å². The third kappa shape index (κ3) is 8.65. The Bertz CT molecular complexity index is 1500. The molecule has 3 rings (SSSR count). The van der Waals surface area contributed by atoms with Gasteiger partial charge >= 0.3 is 0 Å². The van der Waals surface area contributed by atoms with E-state index in [1.807, 2.05) is 19.1 Å². The Morgan fingerprint density at radius 1 is 0.756 bits per heavy atom. The fourth-order valence-electron chi connectivity index (χ4n) is 4.85. The Balaban J connectivity index is 1.89. The Morgan fingerprint density at radius 2 is 1.40 bits per heavy atom. The standard InChI is InChI=1S/C37H48N2O6/c1-10-30(45-31-19-18-24(36(4,5)11-2)20-27(31)37(6,7)12-3)35(42)39-28-21-26(32(43-8)23-33(28)44-9)29(40)22-34(41)38-25-16-14-13-15-17-25/h13-21,23,30H,10-12,22H2,1-9H3,(H,38,41)(H,39,42). The summed E-state index contributed by atoms with van der Waals surface area (Å²) in [4.78, 5) is 39.5. The summed E-state index contributed by atoms with van der Waals surface area (Å²) in [5.74, 6) is -0.121. The first-order valence-electron chi connectivity index (χ1n) is 15.6. The molecule has 0 spiro atoms. The van der Waals surface area contributed by atoms with E-state index in [0.29, 0.717) is 23.6 Å². The van der Waals surface area contributed by atoms with Gasteiger partial charge in [0.2, 0.25) is 5.91 Å². The predicted octanol–water partition coefficient (Wildman–Crippen LogP) is 8.09. The first-order valence-corrected chi connectivity index (χ1v) is 15.6. The van der Waals surface area contributed by atoms with Gasteiger partial charge in [-0.2, -0.15) is 0 Å². The van der Waals surface area contributed by atoms with Gasteiger partial charge < -0.3 is 24.8 Å². The molecule has 1 atom stereocenters. The number of methoxy groups -OCH3 is 2. The highest BCUT2D eigenvalue weighted by Gasteiger charge is 2.29. The minimum atomic E-state index is -0.816. The highest BCUT2D eigenvalue weighted by atomic mass is 16.5. The second-order valence-electron chi connectivity index (χ2n) is 12.5. The third-order valence-corrected chi connectivity index (χ3v) is 8.65. The van der Waals surface area contributed by atoms with Crippen LogP contribution in [-0.4, -0.2) is 37.9 Å². The summed E-state index contributed by atoms with van der Waals surface area (Å²) in [6.07, 6.45) is 1.07. The maximum absolute atomic E-state index is 13.7. The number of benzene rings is 3. The molecule has 2 amide bonds. The van der Waals surface area contributed by atoms with Crippen LogP contribution in [0.2, 0.25) is 0 Å². The molecular formula is C37H48N2O6. The number of ether oxygens (including phenoxy) is 3. The molecule has 242 valence electrons. The van der Waals surface area contributed by atoms with Crippen LogP contribution < -0.4 is 24.8 Å². The Hall–Kier alpha value is -4.33. The Morgan fingerprint density at radius 3 is 1.98 bits per heavy atom. The zero-order valence-electron chi connectivity index (χ0n) is 28.1. The van der Waals surface area contributed by atoms with Crippen molar-refractivity contribution in [3.63, 3.8) is 0 Å². The van der Waals surface area contributed by atoms with Crippen molar-refractivity contribution < 1.29 is 28.6 Å². The van der Waals surface area contributed by atoms with E-state index in [4.69, 9.17) is 14.2 Å². The number of carbonyl (C=O) groups excluding carboxylic acids is 3. The molecule has 1 unspecified atom stereocenters. The summed E-state index contributed by atoms with van der Waals surface area (Å²) >= 11 is 0. The van der Waals surface area contributed by atoms with Gasteiger partial charge in [-0.25, -0.2) is 0 Å². The van der Waals surface area contributed by atoms with Crippen molar-refractivity contribution >= 4 is 29.0 Å². The van der Waals surface area contributed by atoms with Gasteiger partial charge in [0.05, 0.1) is 31.9 Å². The number of Topliss-reactive ketones (excluding diaryl/α,β-unsaturated/α-hetero) is 1. The number of ketones is 1. The van der Waals surface area contributed by atoms with Gasteiger partial charge in [0, 0.05) is 17.3 Å². The molecule has 0 aliphatic heterocycles. The number of anilines is 2. The Kier molecular flexibility index (Phi) is 11.8. The summed E-state index contributed by atoms with van der Waals surface area (Å²) in [6, 6.07) is 18.2. The minimum Gasteiger partial charge on any atom is -0.496 e. The molecule has 3 aromatic carbocycles. The molecule has 0 radical (unpaired) electrons. The van der Waals surface area contributed by atoms with Crippen molar-refractivity contribution in [3.05, 3.63) is 77.4 Å². The van der Waals surface area contributed by atoms with Crippen molar-refractivity contribution in [1.29, 1.82) is 0 Å². The third-order valence-electron chi connectivity index (χ3n) is 8.65. The molecule has 0 bridgehead atoms. The minimum absolute atomic E-state index is 0.000910. The number of carbonyl (C=O) groups is 3. The molecule has 45 heavy (non-hydrogen) atoms. The van der Waals surface area contributed by atoms with Crippen molar-refractivity contribution in [2.24, 2.45) is 0 Å². The number of amides is 2. The van der Waals surface area contributed by atoms with E-state index < -0.39 is 24.2 Å². The van der Waals surface area contributed by atoms with Crippen molar-refractivity contribution in [2.75, 3.05) is 24.9 Å². The summed E-state index contributed by atoms with van der Waals surface area (Å²) in [6.45, 7) is 15.0. The monoisotopic (exact) mass is 616 g/mol. The van der Waals surface area contributed by atoms with E-state index in [1.165, 1.54) is 31.9 Å². The first kappa shape index (κ1) is 35.2. The second kappa shape index (κ2) is 15.1. The highest BCUT2D eigenvalue weighted by Crippen LogP contribution is 2.39. The zero-order valence-corrected chi connectivity index (χ0v) is 28.1. The lowest BCUT2D eigenvalue weighted by molar-refractivity contribution is -0.123. The van der Waals surface area contributed by atoms with Gasteiger partial charge in [0.1, 0.15) is 17.2 Å². The Labute approximate surface area is 267 Å². The molecule has 2 N–H and O–H groups in total. The molecular weight excluding hydrogens is 568 g/mol. The number of hydrogen-bond donors (Lipinski definition) is 2. The molecule has 3 aromatic rings. The smallest absolute Gasteiger partial charge is 0.265 e. The van der Waals surface area contributed by atoms with E-state index in [2.05, 4.69) is 64.3 Å². The van der Waals surface area contributed by atoms with Crippen LogP contribution in [0.1, 0.15) is 95.6 Å². The maximum atomic E-state index is 13.7. The van der Waals surface area contributed by atoms with Crippen LogP contribution in [0.15, 0.2) is 60.7 Å². The lowest BCUT2D eigenvalue weighted by Crippen LogP contribution is -2.33. The van der Waals surface area contributed by atoms with Crippen molar-refractivity contribution in [1.82, 2.24) is 0 Å². The molecule has 0 aliphatic rings. The van der Waals surface area contributed by atoms with Crippen LogP contribution in [0, 0.1) is 0 Å². The van der Waals surface area contributed by atoms with E-state index >= 15 is 0 Å². The molecule has 0 fully saturated rings. The number of hydrogen-bond acceptors (Lipinski definition) is 6.